The number of para-hydroxylation sites is 1. The van der Waals surface area contributed by atoms with Crippen molar-refractivity contribution < 1.29 is 14.3 Å². The van der Waals surface area contributed by atoms with Gasteiger partial charge in [-0.2, -0.15) is 0 Å². The fourth-order valence-corrected chi connectivity index (χ4v) is 3.00. The molecule has 0 bridgehead atoms. The molecule has 1 fully saturated rings. The highest BCUT2D eigenvalue weighted by Crippen LogP contribution is 2.46. The van der Waals surface area contributed by atoms with Crippen LogP contribution < -0.4 is 5.32 Å². The molecule has 112 valence electrons. The van der Waals surface area contributed by atoms with E-state index in [2.05, 4.69) is 5.32 Å². The lowest BCUT2D eigenvalue weighted by molar-refractivity contribution is -0.126. The second-order valence-corrected chi connectivity index (χ2v) is 6.94. The van der Waals surface area contributed by atoms with Crippen LogP contribution in [-0.2, 0) is 14.9 Å². The van der Waals surface area contributed by atoms with Crippen LogP contribution in [0.4, 0.5) is 10.5 Å². The summed E-state index contributed by atoms with van der Waals surface area (Å²) < 4.78 is 5.32. The largest absolute Gasteiger partial charge is 0.444 e. The Kier molecular flexibility index (Phi) is 2.95. The monoisotopic (exact) mass is 308 g/mol. The Morgan fingerprint density at radius 3 is 2.67 bits per heavy atom. The van der Waals surface area contributed by atoms with Crippen molar-refractivity contribution in [3.8, 4) is 0 Å². The van der Waals surface area contributed by atoms with Crippen LogP contribution in [0.3, 0.4) is 0 Å². The van der Waals surface area contributed by atoms with E-state index >= 15 is 0 Å². The van der Waals surface area contributed by atoms with Gasteiger partial charge in [0.15, 0.2) is 0 Å². The van der Waals surface area contributed by atoms with Gasteiger partial charge in [-0.25, -0.2) is 4.79 Å². The molecule has 21 heavy (non-hydrogen) atoms. The van der Waals surface area contributed by atoms with E-state index in [1.165, 1.54) is 0 Å². The van der Waals surface area contributed by atoms with Crippen LogP contribution in [0.5, 0.6) is 0 Å². The fraction of sp³-hybridized carbons (Fsp3) is 0.467. The van der Waals surface area contributed by atoms with E-state index in [9.17, 15) is 9.59 Å². The molecule has 1 N–H and O–H groups in total. The molecule has 2 heterocycles. The maximum Gasteiger partial charge on any atom is 0.410 e. The third-order valence-corrected chi connectivity index (χ3v) is 4.09. The highest BCUT2D eigenvalue weighted by atomic mass is 35.5. The number of nitrogens with one attached hydrogen (secondary N) is 1. The highest BCUT2D eigenvalue weighted by Gasteiger charge is 2.57. The maximum absolute atomic E-state index is 12.3. The van der Waals surface area contributed by atoms with Gasteiger partial charge in [-0.05, 0) is 32.4 Å². The molecular weight excluding hydrogens is 292 g/mol. The number of fused-ring (bicyclic) bond motifs is 2. The molecule has 1 saturated heterocycles. The molecule has 0 saturated carbocycles. The number of anilines is 1. The summed E-state index contributed by atoms with van der Waals surface area (Å²) in [6.45, 7) is 6.09. The Morgan fingerprint density at radius 1 is 1.38 bits per heavy atom. The van der Waals surface area contributed by atoms with Crippen LogP contribution in [0.15, 0.2) is 18.2 Å². The summed E-state index contributed by atoms with van der Waals surface area (Å²) in [7, 11) is 0. The summed E-state index contributed by atoms with van der Waals surface area (Å²) in [5.74, 6) is -0.106. The van der Waals surface area contributed by atoms with Crippen molar-refractivity contribution >= 4 is 29.3 Å². The summed E-state index contributed by atoms with van der Waals surface area (Å²) >= 11 is 6.11. The predicted molar refractivity (Wildman–Crippen MR) is 79.6 cm³/mol. The Bertz CT molecular complexity index is 630. The van der Waals surface area contributed by atoms with Crippen molar-refractivity contribution in [2.24, 2.45) is 0 Å². The first-order chi connectivity index (χ1) is 9.73. The Balaban J connectivity index is 1.80. The molecule has 1 aromatic rings. The molecular formula is C15H17ClN2O3. The number of carbonyl (C=O) groups is 2. The van der Waals surface area contributed by atoms with Crippen LogP contribution in [0.25, 0.3) is 0 Å². The van der Waals surface area contributed by atoms with Gasteiger partial charge in [0.05, 0.1) is 10.7 Å². The van der Waals surface area contributed by atoms with Gasteiger partial charge in [0.2, 0.25) is 5.91 Å². The van der Waals surface area contributed by atoms with Crippen molar-refractivity contribution in [1.82, 2.24) is 4.90 Å². The summed E-state index contributed by atoms with van der Waals surface area (Å²) in [4.78, 5) is 25.8. The molecule has 0 aromatic heterocycles. The minimum atomic E-state index is -0.683. The first-order valence-corrected chi connectivity index (χ1v) is 7.19. The molecule has 0 atom stereocenters. The van der Waals surface area contributed by atoms with Gasteiger partial charge >= 0.3 is 6.09 Å². The summed E-state index contributed by atoms with van der Waals surface area (Å²) in [6, 6.07) is 5.44. The number of halogens is 1. The lowest BCUT2D eigenvalue weighted by Gasteiger charge is -2.46. The van der Waals surface area contributed by atoms with E-state index in [0.29, 0.717) is 23.8 Å². The second-order valence-electron chi connectivity index (χ2n) is 6.54. The lowest BCUT2D eigenvalue weighted by Crippen LogP contribution is -2.64. The third kappa shape index (κ3) is 2.16. The van der Waals surface area contributed by atoms with Crippen LogP contribution in [0.2, 0.25) is 5.02 Å². The first kappa shape index (κ1) is 14.2. The highest BCUT2D eigenvalue weighted by molar-refractivity contribution is 6.35. The quantitative estimate of drug-likeness (QED) is 0.802. The van der Waals surface area contributed by atoms with E-state index < -0.39 is 17.1 Å². The van der Waals surface area contributed by atoms with Crippen LogP contribution in [-0.4, -0.2) is 35.6 Å². The second kappa shape index (κ2) is 4.37. The van der Waals surface area contributed by atoms with Gasteiger partial charge in [0.25, 0.3) is 0 Å². The van der Waals surface area contributed by atoms with E-state index in [1.807, 2.05) is 32.9 Å². The zero-order valence-electron chi connectivity index (χ0n) is 12.2. The molecule has 3 rings (SSSR count). The van der Waals surface area contributed by atoms with E-state index in [4.69, 9.17) is 16.3 Å². The molecule has 0 radical (unpaired) electrons. The van der Waals surface area contributed by atoms with E-state index in [0.717, 1.165) is 5.56 Å². The minimum absolute atomic E-state index is 0.106. The minimum Gasteiger partial charge on any atom is -0.444 e. The average Bonchev–Trinajstić information content (AvgIpc) is 2.58. The topological polar surface area (TPSA) is 58.6 Å². The number of rotatable bonds is 0. The van der Waals surface area contributed by atoms with E-state index in [-0.39, 0.29) is 5.91 Å². The molecule has 2 amide bonds. The van der Waals surface area contributed by atoms with Crippen molar-refractivity contribution in [2.45, 2.75) is 31.8 Å². The maximum atomic E-state index is 12.3. The number of benzene rings is 1. The van der Waals surface area contributed by atoms with Gasteiger partial charge in [0, 0.05) is 13.1 Å². The number of amides is 2. The molecule has 5 nitrogen and oxygen atoms in total. The van der Waals surface area contributed by atoms with Gasteiger partial charge in [-0.15, -0.1) is 0 Å². The molecule has 1 aromatic carbocycles. The summed E-state index contributed by atoms with van der Waals surface area (Å²) in [5, 5.41) is 3.34. The Hall–Kier alpha value is -1.75. The van der Waals surface area contributed by atoms with Gasteiger partial charge < -0.3 is 15.0 Å². The SMILES string of the molecule is CC(C)(C)OC(=O)N1CC2(C1)C(=O)Nc1c(Cl)cccc12. The smallest absolute Gasteiger partial charge is 0.410 e. The van der Waals surface area contributed by atoms with Crippen LogP contribution in [0.1, 0.15) is 26.3 Å². The van der Waals surface area contributed by atoms with E-state index in [1.54, 1.807) is 11.0 Å². The van der Waals surface area contributed by atoms with Crippen molar-refractivity contribution in [3.63, 3.8) is 0 Å². The first-order valence-electron chi connectivity index (χ1n) is 6.81. The van der Waals surface area contributed by atoms with Gasteiger partial charge in [-0.3, -0.25) is 4.79 Å². The average molecular weight is 309 g/mol. The normalized spacial score (nSPS) is 19.0. The van der Waals surface area contributed by atoms with Gasteiger partial charge in [0.1, 0.15) is 11.0 Å². The molecule has 0 aliphatic carbocycles. The number of hydrogen-bond donors (Lipinski definition) is 1. The van der Waals surface area contributed by atoms with Crippen LogP contribution >= 0.6 is 11.6 Å². The zero-order valence-corrected chi connectivity index (χ0v) is 13.0. The Labute approximate surface area is 128 Å². The third-order valence-electron chi connectivity index (χ3n) is 3.78. The summed E-state index contributed by atoms with van der Waals surface area (Å²) in [5.41, 5.74) is 0.295. The summed E-state index contributed by atoms with van der Waals surface area (Å²) in [6.07, 6.45) is -0.392. The predicted octanol–water partition coefficient (Wildman–Crippen LogP) is 2.78. The number of nitrogens with zero attached hydrogens (tertiary/aromatic N) is 1. The molecule has 1 spiro atoms. The van der Waals surface area contributed by atoms with Crippen molar-refractivity contribution in [2.75, 3.05) is 18.4 Å². The van der Waals surface area contributed by atoms with Crippen molar-refractivity contribution in [1.29, 1.82) is 0 Å². The lowest BCUT2D eigenvalue weighted by atomic mass is 9.75. The van der Waals surface area contributed by atoms with Gasteiger partial charge in [-0.1, -0.05) is 23.7 Å². The standard InChI is InChI=1S/C15H17ClN2O3/c1-14(2,3)21-13(20)18-7-15(8-18)9-5-4-6-10(16)11(9)17-12(15)19/h4-6H,7-8H2,1-3H3,(H,17,19). The number of carbonyl (C=O) groups excluding carboxylic acids is 2. The Morgan fingerprint density at radius 2 is 2.05 bits per heavy atom. The molecule has 2 aliphatic heterocycles. The number of hydrogen-bond acceptors (Lipinski definition) is 3. The number of ether oxygens (including phenoxy) is 1. The molecule has 0 unspecified atom stereocenters. The van der Waals surface area contributed by atoms with Crippen molar-refractivity contribution in [3.05, 3.63) is 28.8 Å². The molecule has 6 heteroatoms. The van der Waals surface area contributed by atoms with Crippen LogP contribution in [0, 0.1) is 0 Å². The number of likely N-dealkylation sites (tertiary alicyclic amines) is 1. The molecule has 2 aliphatic rings. The fourth-order valence-electron chi connectivity index (χ4n) is 2.78. The zero-order chi connectivity index (χ0) is 15.4.